The van der Waals surface area contributed by atoms with Crippen molar-refractivity contribution in [1.82, 2.24) is 19.7 Å². The maximum Gasteiger partial charge on any atom is 0.288 e. The standard InChI is InChI=1S/C14H11N5O/c15-12(20)13-17-14(10-5-2-1-3-6-10)19(18-13)11-7-4-8-16-9-11/h1-9H,(H2,15,20). The van der Waals surface area contributed by atoms with Gasteiger partial charge in [0, 0.05) is 11.8 Å². The second kappa shape index (κ2) is 4.93. The van der Waals surface area contributed by atoms with E-state index in [1.807, 2.05) is 36.4 Å². The van der Waals surface area contributed by atoms with Gasteiger partial charge in [-0.15, -0.1) is 5.10 Å². The first-order valence-corrected chi connectivity index (χ1v) is 5.98. The first kappa shape index (κ1) is 12.0. The van der Waals surface area contributed by atoms with Crippen molar-refractivity contribution >= 4 is 5.91 Å². The summed E-state index contributed by atoms with van der Waals surface area (Å²) < 4.78 is 1.56. The Kier molecular flexibility index (Phi) is 2.96. The summed E-state index contributed by atoms with van der Waals surface area (Å²) in [5, 5.41) is 4.15. The van der Waals surface area contributed by atoms with E-state index in [-0.39, 0.29) is 5.82 Å². The number of carbonyl (C=O) groups excluding carboxylic acids is 1. The number of amides is 1. The van der Waals surface area contributed by atoms with Crippen LogP contribution in [0.5, 0.6) is 0 Å². The highest BCUT2D eigenvalue weighted by Gasteiger charge is 2.16. The van der Waals surface area contributed by atoms with Crippen molar-refractivity contribution in [2.24, 2.45) is 5.73 Å². The van der Waals surface area contributed by atoms with Crippen LogP contribution in [0.25, 0.3) is 17.1 Å². The van der Waals surface area contributed by atoms with Crippen molar-refractivity contribution in [2.45, 2.75) is 0 Å². The van der Waals surface area contributed by atoms with Crippen LogP contribution in [0.2, 0.25) is 0 Å². The van der Waals surface area contributed by atoms with E-state index >= 15 is 0 Å². The smallest absolute Gasteiger partial charge is 0.288 e. The number of hydrogen-bond acceptors (Lipinski definition) is 4. The molecule has 0 unspecified atom stereocenters. The van der Waals surface area contributed by atoms with Gasteiger partial charge < -0.3 is 5.73 Å². The van der Waals surface area contributed by atoms with Crippen LogP contribution >= 0.6 is 0 Å². The lowest BCUT2D eigenvalue weighted by Gasteiger charge is -2.04. The SMILES string of the molecule is NC(=O)c1nc(-c2ccccc2)n(-c2cccnc2)n1. The number of carbonyl (C=O) groups is 1. The lowest BCUT2D eigenvalue weighted by molar-refractivity contribution is 0.0990. The number of rotatable bonds is 3. The van der Waals surface area contributed by atoms with Crippen molar-refractivity contribution in [2.75, 3.05) is 0 Å². The van der Waals surface area contributed by atoms with E-state index in [0.717, 1.165) is 5.56 Å². The third-order valence-electron chi connectivity index (χ3n) is 2.75. The van der Waals surface area contributed by atoms with E-state index in [2.05, 4.69) is 15.1 Å². The van der Waals surface area contributed by atoms with Gasteiger partial charge in [-0.05, 0) is 12.1 Å². The Hall–Kier alpha value is -3.02. The fourth-order valence-corrected chi connectivity index (χ4v) is 1.85. The molecule has 3 aromatic rings. The third kappa shape index (κ3) is 2.14. The normalized spacial score (nSPS) is 10.4. The highest BCUT2D eigenvalue weighted by molar-refractivity contribution is 5.89. The summed E-state index contributed by atoms with van der Waals surface area (Å²) in [6.45, 7) is 0. The molecule has 0 saturated heterocycles. The second-order valence-electron chi connectivity index (χ2n) is 4.11. The molecule has 0 aliphatic heterocycles. The average molecular weight is 265 g/mol. The molecule has 0 spiro atoms. The van der Waals surface area contributed by atoms with E-state index in [9.17, 15) is 4.79 Å². The fourth-order valence-electron chi connectivity index (χ4n) is 1.85. The van der Waals surface area contributed by atoms with E-state index in [4.69, 9.17) is 5.73 Å². The monoisotopic (exact) mass is 265 g/mol. The molecule has 6 nitrogen and oxygen atoms in total. The van der Waals surface area contributed by atoms with Gasteiger partial charge in [-0.1, -0.05) is 30.3 Å². The molecule has 0 aliphatic rings. The molecule has 0 saturated carbocycles. The molecule has 20 heavy (non-hydrogen) atoms. The van der Waals surface area contributed by atoms with Gasteiger partial charge in [-0.25, -0.2) is 9.67 Å². The quantitative estimate of drug-likeness (QED) is 0.776. The lowest BCUT2D eigenvalue weighted by atomic mass is 10.2. The third-order valence-corrected chi connectivity index (χ3v) is 2.75. The van der Waals surface area contributed by atoms with Crippen LogP contribution < -0.4 is 5.73 Å². The van der Waals surface area contributed by atoms with Crippen LogP contribution in [-0.4, -0.2) is 25.7 Å². The van der Waals surface area contributed by atoms with Gasteiger partial charge in [-0.2, -0.15) is 0 Å². The van der Waals surface area contributed by atoms with E-state index in [0.29, 0.717) is 11.5 Å². The number of pyridine rings is 1. The molecule has 0 fully saturated rings. The minimum atomic E-state index is -0.662. The van der Waals surface area contributed by atoms with Gasteiger partial charge >= 0.3 is 0 Å². The number of nitrogens with zero attached hydrogens (tertiary/aromatic N) is 4. The van der Waals surface area contributed by atoms with Gasteiger partial charge in [0.1, 0.15) is 0 Å². The van der Waals surface area contributed by atoms with Crippen LogP contribution in [0.3, 0.4) is 0 Å². The molecule has 98 valence electrons. The summed E-state index contributed by atoms with van der Waals surface area (Å²) in [4.78, 5) is 19.5. The molecule has 2 N–H and O–H groups in total. The Morgan fingerprint density at radius 1 is 1.10 bits per heavy atom. The molecular formula is C14H11N5O. The predicted octanol–water partition coefficient (Wildman–Crippen LogP) is 1.43. The van der Waals surface area contributed by atoms with Crippen molar-refractivity contribution in [3.8, 4) is 17.1 Å². The Bertz CT molecular complexity index is 680. The first-order valence-electron chi connectivity index (χ1n) is 5.98. The molecular weight excluding hydrogens is 254 g/mol. The summed E-state index contributed by atoms with van der Waals surface area (Å²) in [6.07, 6.45) is 3.31. The van der Waals surface area contributed by atoms with Gasteiger partial charge in [0.05, 0.1) is 11.9 Å². The summed E-state index contributed by atoms with van der Waals surface area (Å²) >= 11 is 0. The molecule has 2 aromatic heterocycles. The van der Waals surface area contributed by atoms with Crippen LogP contribution in [0.15, 0.2) is 54.9 Å². The largest absolute Gasteiger partial charge is 0.363 e. The van der Waals surface area contributed by atoms with Crippen molar-refractivity contribution in [3.63, 3.8) is 0 Å². The topological polar surface area (TPSA) is 86.7 Å². The summed E-state index contributed by atoms with van der Waals surface area (Å²) in [5.41, 5.74) is 6.82. The van der Waals surface area contributed by atoms with Gasteiger partial charge in [-0.3, -0.25) is 9.78 Å². The Labute approximate surface area is 114 Å². The van der Waals surface area contributed by atoms with E-state index in [1.54, 1.807) is 23.1 Å². The number of aromatic nitrogens is 4. The molecule has 0 bridgehead atoms. The molecule has 0 aliphatic carbocycles. The van der Waals surface area contributed by atoms with Gasteiger partial charge in [0.25, 0.3) is 5.91 Å². The zero-order chi connectivity index (χ0) is 13.9. The van der Waals surface area contributed by atoms with Gasteiger partial charge in [0.2, 0.25) is 5.82 Å². The zero-order valence-electron chi connectivity index (χ0n) is 10.5. The molecule has 2 heterocycles. The summed E-state index contributed by atoms with van der Waals surface area (Å²) in [5.74, 6) is -0.134. The van der Waals surface area contributed by atoms with E-state index in [1.165, 1.54) is 0 Å². The zero-order valence-corrected chi connectivity index (χ0v) is 10.5. The Morgan fingerprint density at radius 2 is 1.90 bits per heavy atom. The molecule has 0 atom stereocenters. The molecule has 6 heteroatoms. The Balaban J connectivity index is 2.20. The predicted molar refractivity (Wildman–Crippen MR) is 73.1 cm³/mol. The minimum Gasteiger partial charge on any atom is -0.363 e. The lowest BCUT2D eigenvalue weighted by Crippen LogP contribution is -2.13. The highest BCUT2D eigenvalue weighted by Crippen LogP contribution is 2.20. The van der Waals surface area contributed by atoms with E-state index < -0.39 is 5.91 Å². The van der Waals surface area contributed by atoms with Crippen molar-refractivity contribution in [3.05, 3.63) is 60.7 Å². The summed E-state index contributed by atoms with van der Waals surface area (Å²) in [6, 6.07) is 13.1. The van der Waals surface area contributed by atoms with Crippen LogP contribution in [-0.2, 0) is 0 Å². The average Bonchev–Trinajstić information content (AvgIpc) is 2.94. The van der Waals surface area contributed by atoms with Crippen LogP contribution in [0.1, 0.15) is 10.6 Å². The first-order chi connectivity index (χ1) is 9.75. The second-order valence-corrected chi connectivity index (χ2v) is 4.11. The van der Waals surface area contributed by atoms with Crippen molar-refractivity contribution in [1.29, 1.82) is 0 Å². The summed E-state index contributed by atoms with van der Waals surface area (Å²) in [7, 11) is 0. The molecule has 1 aromatic carbocycles. The molecule has 1 amide bonds. The van der Waals surface area contributed by atoms with Crippen LogP contribution in [0.4, 0.5) is 0 Å². The van der Waals surface area contributed by atoms with Crippen LogP contribution in [0, 0.1) is 0 Å². The van der Waals surface area contributed by atoms with Crippen molar-refractivity contribution < 1.29 is 4.79 Å². The molecule has 3 rings (SSSR count). The Morgan fingerprint density at radius 3 is 2.55 bits per heavy atom. The molecule has 0 radical (unpaired) electrons. The fraction of sp³-hybridized carbons (Fsp3) is 0. The maximum atomic E-state index is 11.3. The minimum absolute atomic E-state index is 0.0206. The number of nitrogens with two attached hydrogens (primary N) is 1. The number of benzene rings is 1. The maximum absolute atomic E-state index is 11.3. The number of hydrogen-bond donors (Lipinski definition) is 1. The number of primary amides is 1. The van der Waals surface area contributed by atoms with Gasteiger partial charge in [0.15, 0.2) is 5.82 Å². The highest BCUT2D eigenvalue weighted by atomic mass is 16.1.